The highest BCUT2D eigenvalue weighted by atomic mass is 127. The van der Waals surface area contributed by atoms with E-state index in [2.05, 4.69) is 69.7 Å². The second kappa shape index (κ2) is 12.0. The first kappa shape index (κ1) is 24.2. The molecule has 0 radical (unpaired) electrons. The summed E-state index contributed by atoms with van der Waals surface area (Å²) < 4.78 is 5.42. The van der Waals surface area contributed by atoms with Crippen LogP contribution in [0.25, 0.3) is 0 Å². The first-order chi connectivity index (χ1) is 14.1. The summed E-state index contributed by atoms with van der Waals surface area (Å²) in [5.74, 6) is 2.89. The number of nitrogens with zero attached hydrogens (tertiary/aromatic N) is 3. The Bertz CT molecular complexity index is 817. The molecule has 0 bridgehead atoms. The van der Waals surface area contributed by atoms with Crippen molar-refractivity contribution < 1.29 is 4.74 Å². The number of aromatic nitrogens is 1. The minimum Gasteiger partial charge on any atom is -0.496 e. The lowest BCUT2D eigenvalue weighted by Crippen LogP contribution is -2.49. The molecule has 1 aliphatic rings. The Morgan fingerprint density at radius 3 is 2.60 bits per heavy atom. The smallest absolute Gasteiger partial charge is 0.191 e. The number of nitrogens with one attached hydrogen (secondary N) is 2. The molecule has 0 unspecified atom stereocenters. The number of halogens is 1. The van der Waals surface area contributed by atoms with Gasteiger partial charge in [0.1, 0.15) is 11.6 Å². The van der Waals surface area contributed by atoms with Crippen molar-refractivity contribution in [2.45, 2.75) is 39.2 Å². The molecule has 1 aliphatic heterocycles. The van der Waals surface area contributed by atoms with Gasteiger partial charge in [-0.05, 0) is 61.9 Å². The molecule has 1 aromatic heterocycles. The van der Waals surface area contributed by atoms with E-state index >= 15 is 0 Å². The molecule has 0 atom stereocenters. The van der Waals surface area contributed by atoms with E-state index in [4.69, 9.17) is 4.74 Å². The van der Waals surface area contributed by atoms with Crippen LogP contribution < -0.4 is 20.3 Å². The van der Waals surface area contributed by atoms with Gasteiger partial charge in [-0.25, -0.2) is 4.98 Å². The summed E-state index contributed by atoms with van der Waals surface area (Å²) in [4.78, 5) is 11.3. The lowest BCUT2D eigenvalue weighted by atomic mass is 10.1. The number of benzene rings is 1. The van der Waals surface area contributed by atoms with E-state index in [0.717, 1.165) is 62.0 Å². The molecule has 1 saturated heterocycles. The third-order valence-corrected chi connectivity index (χ3v) is 5.46. The Morgan fingerprint density at radius 1 is 1.20 bits per heavy atom. The lowest BCUT2D eigenvalue weighted by Gasteiger charge is -2.33. The molecule has 0 aliphatic carbocycles. The molecule has 2 N–H and O–H groups in total. The van der Waals surface area contributed by atoms with E-state index in [9.17, 15) is 0 Å². The second-order valence-corrected chi connectivity index (χ2v) is 7.65. The highest BCUT2D eigenvalue weighted by Gasteiger charge is 2.20. The molecule has 164 valence electrons. The van der Waals surface area contributed by atoms with Crippen LogP contribution in [0.15, 0.2) is 41.5 Å². The normalized spacial score (nSPS) is 14.8. The highest BCUT2D eigenvalue weighted by molar-refractivity contribution is 14.0. The lowest BCUT2D eigenvalue weighted by molar-refractivity contribution is 0.411. The second-order valence-electron chi connectivity index (χ2n) is 7.65. The van der Waals surface area contributed by atoms with Gasteiger partial charge in [-0.3, -0.25) is 4.99 Å². The minimum absolute atomic E-state index is 0. The predicted molar refractivity (Wildman–Crippen MR) is 136 cm³/mol. The van der Waals surface area contributed by atoms with Crippen LogP contribution in [0.5, 0.6) is 5.75 Å². The SMILES string of the molecule is CN=C(NCCc1ccc(C)c(OC)c1)NC1CCN(c2ccc(C)cn2)CC1.I. The van der Waals surface area contributed by atoms with Crippen LogP contribution in [0.2, 0.25) is 0 Å². The molecule has 3 rings (SSSR count). The quantitative estimate of drug-likeness (QED) is 0.344. The largest absolute Gasteiger partial charge is 0.496 e. The summed E-state index contributed by atoms with van der Waals surface area (Å²) in [6.45, 7) is 6.98. The molecular weight excluding hydrogens is 489 g/mol. The van der Waals surface area contributed by atoms with Crippen molar-refractivity contribution in [1.29, 1.82) is 0 Å². The van der Waals surface area contributed by atoms with Gasteiger partial charge in [0.2, 0.25) is 0 Å². The molecule has 7 heteroatoms. The van der Waals surface area contributed by atoms with E-state index in [-0.39, 0.29) is 24.0 Å². The van der Waals surface area contributed by atoms with E-state index < -0.39 is 0 Å². The van der Waals surface area contributed by atoms with E-state index in [1.54, 1.807) is 7.11 Å². The summed E-state index contributed by atoms with van der Waals surface area (Å²) in [7, 11) is 3.55. The number of hydrogen-bond acceptors (Lipinski definition) is 4. The van der Waals surface area contributed by atoms with Crippen molar-refractivity contribution in [3.05, 3.63) is 53.2 Å². The van der Waals surface area contributed by atoms with Gasteiger partial charge in [-0.1, -0.05) is 18.2 Å². The van der Waals surface area contributed by atoms with Crippen LogP contribution in [0, 0.1) is 13.8 Å². The third-order valence-electron chi connectivity index (χ3n) is 5.46. The fraction of sp³-hybridized carbons (Fsp3) is 0.478. The van der Waals surface area contributed by atoms with Gasteiger partial charge in [0.05, 0.1) is 7.11 Å². The Kier molecular flexibility index (Phi) is 9.68. The van der Waals surface area contributed by atoms with Gasteiger partial charge < -0.3 is 20.3 Å². The molecule has 2 aromatic rings. The summed E-state index contributed by atoms with van der Waals surface area (Å²) in [6, 6.07) is 11.1. The topological polar surface area (TPSA) is 61.8 Å². The summed E-state index contributed by atoms with van der Waals surface area (Å²) in [5, 5.41) is 7.01. The number of methoxy groups -OCH3 is 1. The molecule has 6 nitrogen and oxygen atoms in total. The van der Waals surface area contributed by atoms with Crippen LogP contribution in [0.4, 0.5) is 5.82 Å². The first-order valence-electron chi connectivity index (χ1n) is 10.4. The predicted octanol–water partition coefficient (Wildman–Crippen LogP) is 3.70. The Balaban J connectivity index is 0.00000320. The molecule has 0 amide bonds. The van der Waals surface area contributed by atoms with Crippen LogP contribution in [-0.4, -0.2) is 50.8 Å². The summed E-state index contributed by atoms with van der Waals surface area (Å²) >= 11 is 0. The number of anilines is 1. The molecule has 1 fully saturated rings. The number of aliphatic imine (C=N–C) groups is 1. The summed E-state index contributed by atoms with van der Waals surface area (Å²) in [6.07, 6.45) is 5.01. The molecule has 0 spiro atoms. The van der Waals surface area contributed by atoms with E-state index in [1.807, 2.05) is 13.2 Å². The van der Waals surface area contributed by atoms with Gasteiger partial charge in [0, 0.05) is 38.9 Å². The monoisotopic (exact) mass is 523 g/mol. The van der Waals surface area contributed by atoms with Crippen molar-refractivity contribution in [2.24, 2.45) is 4.99 Å². The molecule has 2 heterocycles. The van der Waals surface area contributed by atoms with Crippen molar-refractivity contribution in [3.8, 4) is 5.75 Å². The fourth-order valence-corrected chi connectivity index (χ4v) is 3.63. The zero-order valence-corrected chi connectivity index (χ0v) is 20.8. The number of aryl methyl sites for hydroxylation is 2. The molecule has 1 aromatic carbocycles. The zero-order chi connectivity index (χ0) is 20.6. The number of ether oxygens (including phenoxy) is 1. The van der Waals surface area contributed by atoms with Crippen LogP contribution in [0.1, 0.15) is 29.5 Å². The minimum atomic E-state index is 0. The molecular formula is C23H34IN5O. The Labute approximate surface area is 197 Å². The van der Waals surface area contributed by atoms with E-state index in [1.165, 1.54) is 11.1 Å². The fourth-order valence-electron chi connectivity index (χ4n) is 3.63. The number of hydrogen-bond donors (Lipinski definition) is 2. The maximum absolute atomic E-state index is 5.42. The van der Waals surface area contributed by atoms with Gasteiger partial charge >= 0.3 is 0 Å². The number of pyridine rings is 1. The standard InChI is InChI=1S/C23H33N5O.HI/c1-17-5-8-22(26-16-17)28-13-10-20(11-14-28)27-23(24-3)25-12-9-19-7-6-18(2)21(15-19)29-4;/h5-8,15-16,20H,9-14H2,1-4H3,(H2,24,25,27);1H. The van der Waals surface area contributed by atoms with Crippen LogP contribution in [-0.2, 0) is 6.42 Å². The number of rotatable bonds is 6. The van der Waals surface area contributed by atoms with Crippen LogP contribution in [0.3, 0.4) is 0 Å². The average Bonchev–Trinajstić information content (AvgIpc) is 2.75. The van der Waals surface area contributed by atoms with Crippen molar-refractivity contribution in [3.63, 3.8) is 0 Å². The van der Waals surface area contributed by atoms with E-state index in [0.29, 0.717) is 6.04 Å². The maximum Gasteiger partial charge on any atom is 0.191 e. The molecule has 0 saturated carbocycles. The first-order valence-corrected chi connectivity index (χ1v) is 10.4. The van der Waals surface area contributed by atoms with Gasteiger partial charge in [0.25, 0.3) is 0 Å². The molecule has 30 heavy (non-hydrogen) atoms. The number of guanidine groups is 1. The van der Waals surface area contributed by atoms with Crippen molar-refractivity contribution in [2.75, 3.05) is 38.7 Å². The third kappa shape index (κ3) is 6.75. The van der Waals surface area contributed by atoms with Gasteiger partial charge in [-0.2, -0.15) is 0 Å². The van der Waals surface area contributed by atoms with Gasteiger partial charge in [0.15, 0.2) is 5.96 Å². The van der Waals surface area contributed by atoms with Crippen molar-refractivity contribution >= 4 is 35.8 Å². The van der Waals surface area contributed by atoms with Crippen LogP contribution >= 0.6 is 24.0 Å². The van der Waals surface area contributed by atoms with Crippen molar-refractivity contribution in [1.82, 2.24) is 15.6 Å². The van der Waals surface area contributed by atoms with Gasteiger partial charge in [-0.15, -0.1) is 24.0 Å². The highest BCUT2D eigenvalue weighted by Crippen LogP contribution is 2.19. The summed E-state index contributed by atoms with van der Waals surface area (Å²) in [5.41, 5.74) is 3.62. The zero-order valence-electron chi connectivity index (χ0n) is 18.4. The maximum atomic E-state index is 5.42. The number of piperidine rings is 1. The average molecular weight is 523 g/mol. The Morgan fingerprint density at radius 2 is 1.97 bits per heavy atom. The Hall–Kier alpha value is -2.03.